The van der Waals surface area contributed by atoms with Crippen LogP contribution in [-0.2, 0) is 17.7 Å². The molecule has 0 saturated carbocycles. The molecule has 1 aliphatic rings. The number of hydrogen-bond acceptors (Lipinski definition) is 3. The number of guanidine groups is 1. The Kier molecular flexibility index (Phi) is 10.5. The molecule has 2 N–H and O–H groups in total. The zero-order valence-corrected chi connectivity index (χ0v) is 17.2. The smallest absolute Gasteiger partial charge is 0.191 e. The van der Waals surface area contributed by atoms with Crippen molar-refractivity contribution in [2.75, 3.05) is 26.3 Å². The lowest BCUT2D eigenvalue weighted by Crippen LogP contribution is -2.37. The Morgan fingerprint density at radius 3 is 2.74 bits per heavy atom. The van der Waals surface area contributed by atoms with Gasteiger partial charge in [0.25, 0.3) is 0 Å². The molecule has 0 radical (unpaired) electrons. The molecule has 0 aliphatic carbocycles. The van der Waals surface area contributed by atoms with E-state index in [-0.39, 0.29) is 24.0 Å². The predicted octanol–water partition coefficient (Wildman–Crippen LogP) is 3.72. The second kappa shape index (κ2) is 11.9. The van der Waals surface area contributed by atoms with E-state index in [1.54, 1.807) is 0 Å². The van der Waals surface area contributed by atoms with Gasteiger partial charge in [0.05, 0.1) is 19.8 Å². The number of aliphatic imine (C=N–C) groups is 1. The van der Waals surface area contributed by atoms with Gasteiger partial charge in [0, 0.05) is 22.8 Å². The van der Waals surface area contributed by atoms with Crippen molar-refractivity contribution < 1.29 is 4.74 Å². The van der Waals surface area contributed by atoms with Crippen molar-refractivity contribution in [3.8, 4) is 0 Å². The summed E-state index contributed by atoms with van der Waals surface area (Å²) in [5.74, 6) is 0.904. The summed E-state index contributed by atoms with van der Waals surface area (Å²) in [7, 11) is 0. The maximum atomic E-state index is 5.33. The summed E-state index contributed by atoms with van der Waals surface area (Å²) in [6.07, 6.45) is 5.43. The van der Waals surface area contributed by atoms with Gasteiger partial charge < -0.3 is 15.4 Å². The van der Waals surface area contributed by atoms with Crippen molar-refractivity contribution in [2.24, 2.45) is 4.99 Å². The van der Waals surface area contributed by atoms with Crippen molar-refractivity contribution >= 4 is 41.3 Å². The van der Waals surface area contributed by atoms with Crippen molar-refractivity contribution in [1.82, 2.24) is 10.6 Å². The number of aryl methyl sites for hydroxylation is 1. The fourth-order valence-corrected chi connectivity index (χ4v) is 3.21. The average molecular weight is 449 g/mol. The zero-order valence-electron chi connectivity index (χ0n) is 14.1. The second-order valence-electron chi connectivity index (χ2n) is 5.28. The zero-order chi connectivity index (χ0) is 15.6. The molecule has 0 unspecified atom stereocenters. The summed E-state index contributed by atoms with van der Waals surface area (Å²) in [6.45, 7) is 8.46. The third-order valence-corrected chi connectivity index (χ3v) is 4.81. The van der Waals surface area contributed by atoms with Crippen LogP contribution in [0.5, 0.6) is 0 Å². The molecule has 1 aromatic heterocycles. The molecular weight excluding hydrogens is 421 g/mol. The Morgan fingerprint density at radius 1 is 1.26 bits per heavy atom. The molecule has 2 rings (SSSR count). The molecule has 0 bridgehead atoms. The highest BCUT2D eigenvalue weighted by molar-refractivity contribution is 14.0. The maximum Gasteiger partial charge on any atom is 0.191 e. The van der Waals surface area contributed by atoms with Crippen molar-refractivity contribution in [3.63, 3.8) is 0 Å². The van der Waals surface area contributed by atoms with Gasteiger partial charge in [-0.1, -0.05) is 18.6 Å². The van der Waals surface area contributed by atoms with E-state index in [2.05, 4.69) is 47.7 Å². The van der Waals surface area contributed by atoms with Gasteiger partial charge in [-0.2, -0.15) is 0 Å². The van der Waals surface area contributed by atoms with Crippen LogP contribution in [0.4, 0.5) is 0 Å². The monoisotopic (exact) mass is 449 g/mol. The first-order chi connectivity index (χ1) is 10.8. The molecule has 4 nitrogen and oxygen atoms in total. The molecule has 0 fully saturated rings. The molecule has 0 amide bonds. The van der Waals surface area contributed by atoms with Gasteiger partial charge in [-0.15, -0.1) is 35.3 Å². The van der Waals surface area contributed by atoms with Gasteiger partial charge in [0.15, 0.2) is 5.96 Å². The highest BCUT2D eigenvalue weighted by atomic mass is 127. The van der Waals surface area contributed by atoms with Gasteiger partial charge in [-0.3, -0.25) is 0 Å². The number of nitrogens with zero attached hydrogens (tertiary/aromatic N) is 1. The largest absolute Gasteiger partial charge is 0.377 e. The Labute approximate surface area is 160 Å². The van der Waals surface area contributed by atoms with Crippen molar-refractivity contribution in [1.29, 1.82) is 0 Å². The molecule has 2 heterocycles. The van der Waals surface area contributed by atoms with Gasteiger partial charge in [-0.25, -0.2) is 4.99 Å². The van der Waals surface area contributed by atoms with E-state index >= 15 is 0 Å². The highest BCUT2D eigenvalue weighted by Crippen LogP contribution is 2.17. The first-order valence-corrected chi connectivity index (χ1v) is 8.99. The highest BCUT2D eigenvalue weighted by Gasteiger charge is 2.04. The van der Waals surface area contributed by atoms with Crippen LogP contribution in [0, 0.1) is 0 Å². The van der Waals surface area contributed by atoms with E-state index in [1.165, 1.54) is 15.3 Å². The molecule has 6 heteroatoms. The fourth-order valence-electron chi connectivity index (χ4n) is 2.33. The number of hydrogen-bond donors (Lipinski definition) is 2. The molecule has 0 aromatic carbocycles. The molecule has 0 atom stereocenters. The summed E-state index contributed by atoms with van der Waals surface area (Å²) >= 11 is 1.85. The summed E-state index contributed by atoms with van der Waals surface area (Å²) in [4.78, 5) is 7.42. The number of thiophene rings is 1. The summed E-state index contributed by atoms with van der Waals surface area (Å²) in [5, 5.41) is 6.73. The molecule has 0 spiro atoms. The van der Waals surface area contributed by atoms with Crippen LogP contribution in [0.3, 0.4) is 0 Å². The number of nitrogens with one attached hydrogen (secondary N) is 2. The minimum absolute atomic E-state index is 0. The number of rotatable bonds is 7. The Hall–Kier alpha value is -0.600. The lowest BCUT2D eigenvalue weighted by Gasteiger charge is -2.15. The first kappa shape index (κ1) is 20.4. The van der Waals surface area contributed by atoms with Crippen LogP contribution < -0.4 is 10.6 Å². The first-order valence-electron chi connectivity index (χ1n) is 8.17. The van der Waals surface area contributed by atoms with E-state index in [0.717, 1.165) is 58.1 Å². The van der Waals surface area contributed by atoms with Gasteiger partial charge in [-0.05, 0) is 38.3 Å². The Bertz CT molecular complexity index is 514. The summed E-state index contributed by atoms with van der Waals surface area (Å²) in [6, 6.07) is 4.39. The van der Waals surface area contributed by atoms with Crippen LogP contribution in [0.2, 0.25) is 0 Å². The van der Waals surface area contributed by atoms with Crippen LogP contribution in [0.1, 0.15) is 36.4 Å². The van der Waals surface area contributed by atoms with Crippen LogP contribution in [0.25, 0.3) is 0 Å². The van der Waals surface area contributed by atoms with E-state index in [4.69, 9.17) is 4.74 Å². The number of ether oxygens (including phenoxy) is 1. The minimum atomic E-state index is 0. The molecule has 1 aliphatic heterocycles. The average Bonchev–Trinajstić information content (AvgIpc) is 3.02. The van der Waals surface area contributed by atoms with Crippen LogP contribution in [0.15, 0.2) is 28.8 Å². The van der Waals surface area contributed by atoms with E-state index in [0.29, 0.717) is 0 Å². The van der Waals surface area contributed by atoms with Crippen molar-refractivity contribution in [3.05, 3.63) is 33.5 Å². The molecule has 130 valence electrons. The molecule has 0 saturated heterocycles. The standard InChI is InChI=1S/C17H27N3OS.HI/c1-3-15-5-6-16(22-15)13-20-17(18-4-2)19-10-7-14-8-11-21-12-9-14;/h5-6,8H,3-4,7,9-13H2,1-2H3,(H2,18,19,20);1H. The summed E-state index contributed by atoms with van der Waals surface area (Å²) < 4.78 is 5.33. The Morgan fingerprint density at radius 2 is 2.09 bits per heavy atom. The van der Waals surface area contributed by atoms with Crippen molar-refractivity contribution in [2.45, 2.75) is 39.7 Å². The van der Waals surface area contributed by atoms with Gasteiger partial charge >= 0.3 is 0 Å². The molecule has 1 aromatic rings. The normalized spacial score (nSPS) is 14.9. The molecular formula is C17H28IN3OS. The SMILES string of the molecule is CCNC(=NCc1ccc(CC)s1)NCCC1=CCOCC1.I. The second-order valence-corrected chi connectivity index (χ2v) is 6.53. The van der Waals surface area contributed by atoms with Gasteiger partial charge in [0.1, 0.15) is 0 Å². The molecule has 23 heavy (non-hydrogen) atoms. The predicted molar refractivity (Wildman–Crippen MR) is 110 cm³/mol. The van der Waals surface area contributed by atoms with Crippen LogP contribution >= 0.6 is 35.3 Å². The lowest BCUT2D eigenvalue weighted by molar-refractivity contribution is 0.153. The van der Waals surface area contributed by atoms with Crippen LogP contribution in [-0.4, -0.2) is 32.3 Å². The van der Waals surface area contributed by atoms with E-state index < -0.39 is 0 Å². The minimum Gasteiger partial charge on any atom is -0.377 e. The lowest BCUT2D eigenvalue weighted by atomic mass is 10.1. The summed E-state index contributed by atoms with van der Waals surface area (Å²) in [5.41, 5.74) is 1.49. The third-order valence-electron chi connectivity index (χ3n) is 3.60. The van der Waals surface area contributed by atoms with Gasteiger partial charge in [0.2, 0.25) is 0 Å². The fraction of sp³-hybridized carbons (Fsp3) is 0.588. The Balaban J connectivity index is 0.00000264. The maximum absolute atomic E-state index is 5.33. The van der Waals surface area contributed by atoms with E-state index in [1.807, 2.05) is 11.3 Å². The quantitative estimate of drug-likeness (QED) is 0.289. The van der Waals surface area contributed by atoms with E-state index in [9.17, 15) is 0 Å². The third kappa shape index (κ3) is 7.67. The number of halogens is 1. The topological polar surface area (TPSA) is 45.7 Å².